The quantitative estimate of drug-likeness (QED) is 0.323. The van der Waals surface area contributed by atoms with Crippen molar-refractivity contribution in [3.8, 4) is 0 Å². The fraction of sp³-hybridized carbons (Fsp3) is 0.609. The number of benzene rings is 1. The molecule has 0 fully saturated rings. The summed E-state index contributed by atoms with van der Waals surface area (Å²) in [4.78, 5) is 52.7. The maximum atomic E-state index is 12.8. The number of nitrogens with zero attached hydrogens (tertiary/aromatic N) is 1. The van der Waals surface area contributed by atoms with E-state index in [9.17, 15) is 19.3 Å². The molecule has 0 saturated heterocycles. The van der Waals surface area contributed by atoms with E-state index in [4.69, 9.17) is 9.94 Å². The van der Waals surface area contributed by atoms with E-state index >= 15 is 0 Å². The Morgan fingerprint density at radius 3 is 2.27 bits per heavy atom. The fourth-order valence-corrected chi connectivity index (χ4v) is 3.82. The Bertz CT molecular complexity index is 825. The van der Waals surface area contributed by atoms with E-state index < -0.39 is 35.0 Å². The Hall–Kier alpha value is -2.62. The molecule has 1 rings (SSSR count). The van der Waals surface area contributed by atoms with Gasteiger partial charge >= 0.3 is 11.1 Å². The van der Waals surface area contributed by atoms with E-state index in [1.54, 1.807) is 13.8 Å². The molecule has 0 aliphatic rings. The zero-order valence-corrected chi connectivity index (χ0v) is 20.9. The minimum atomic E-state index is -1.23. The molecule has 9 nitrogen and oxygen atoms in total. The van der Waals surface area contributed by atoms with E-state index in [2.05, 4.69) is 24.0 Å². The molecule has 1 aromatic carbocycles. The molecule has 0 bridgehead atoms. The monoisotopic (exact) mass is 483 g/mol. The fourth-order valence-electron chi connectivity index (χ4n) is 2.89. The van der Waals surface area contributed by atoms with Gasteiger partial charge in [0.1, 0.15) is 10.9 Å². The van der Waals surface area contributed by atoms with Crippen LogP contribution in [0.3, 0.4) is 0 Å². The molecule has 0 aliphatic heterocycles. The third kappa shape index (κ3) is 9.81. The number of esters is 1. The molecule has 0 aliphatic carbocycles. The molecule has 2 atom stereocenters. The second-order valence-electron chi connectivity index (χ2n) is 8.86. The molecule has 0 saturated carbocycles. The van der Waals surface area contributed by atoms with Crippen LogP contribution in [0.1, 0.15) is 58.6 Å². The van der Waals surface area contributed by atoms with Crippen molar-refractivity contribution in [3.05, 3.63) is 40.3 Å². The first kappa shape index (κ1) is 28.4. The minimum Gasteiger partial charge on any atom is -0.464 e. The van der Waals surface area contributed by atoms with Crippen molar-refractivity contribution < 1.29 is 34.3 Å². The molecule has 0 radical (unpaired) electrons. The van der Waals surface area contributed by atoms with Gasteiger partial charge in [0.15, 0.2) is 11.7 Å². The summed E-state index contributed by atoms with van der Waals surface area (Å²) in [6.45, 7) is 10.4. The average Bonchev–Trinajstić information content (AvgIpc) is 2.74. The Morgan fingerprint density at radius 2 is 1.76 bits per heavy atom. The van der Waals surface area contributed by atoms with Gasteiger partial charge in [-0.1, -0.05) is 56.8 Å². The van der Waals surface area contributed by atoms with Gasteiger partial charge in [0.2, 0.25) is 5.91 Å². The van der Waals surface area contributed by atoms with Gasteiger partial charge in [-0.3, -0.25) is 9.59 Å². The van der Waals surface area contributed by atoms with Gasteiger partial charge < -0.3 is 10.1 Å². The van der Waals surface area contributed by atoms with E-state index in [-0.39, 0.29) is 23.4 Å². The highest BCUT2D eigenvalue weighted by Gasteiger charge is 2.35. The van der Waals surface area contributed by atoms with Crippen molar-refractivity contribution in [2.45, 2.75) is 59.9 Å². The van der Waals surface area contributed by atoms with Crippen molar-refractivity contribution in [2.24, 2.45) is 11.3 Å². The predicted molar refractivity (Wildman–Crippen MR) is 125 cm³/mol. The lowest BCUT2D eigenvalue weighted by molar-refractivity contribution is -0.976. The van der Waals surface area contributed by atoms with Gasteiger partial charge in [-0.05, 0) is 44.2 Å². The molecule has 184 valence electrons. The molecule has 33 heavy (non-hydrogen) atoms. The maximum Gasteiger partial charge on any atom is 0.475 e. The van der Waals surface area contributed by atoms with Crippen LogP contribution in [-0.2, 0) is 30.4 Å². The maximum absolute atomic E-state index is 12.8. The van der Waals surface area contributed by atoms with Crippen LogP contribution in [-0.4, -0.2) is 52.3 Å². The molecule has 0 aromatic heterocycles. The number of amides is 1. The van der Waals surface area contributed by atoms with E-state index in [0.29, 0.717) is 5.92 Å². The normalized spacial score (nSPS) is 13.2. The number of nitrogens with one attached hydrogen (secondary N) is 1. The van der Waals surface area contributed by atoms with Crippen LogP contribution in [0.2, 0.25) is 0 Å². The summed E-state index contributed by atoms with van der Waals surface area (Å²) in [5, 5.41) is 10.3. The third-order valence-electron chi connectivity index (χ3n) is 4.90. The third-order valence-corrected chi connectivity index (χ3v) is 6.03. The zero-order chi connectivity index (χ0) is 25.2. The highest BCUT2D eigenvalue weighted by molar-refractivity contribution is 8.13. The standard InChI is InChI=1S/C23H34N2O7S/c1-7-31-20(26)19(24-22(28)23(5,6)14-32-25(29)30)13-33-21(27)16(4)18-10-8-17(9-11-18)12-15(2)3/h8-11,15-16,19H,7,12-14H2,1-6H3,(H-,24,28,29,30)/p+1/t16?,19-/m0/s1. The van der Waals surface area contributed by atoms with Gasteiger partial charge in [0.05, 0.1) is 17.9 Å². The molecule has 10 heteroatoms. The van der Waals surface area contributed by atoms with Crippen LogP contribution in [0, 0.1) is 16.2 Å². The molecule has 2 N–H and O–H groups in total. The molecule has 1 unspecified atom stereocenters. The highest BCUT2D eigenvalue weighted by Crippen LogP contribution is 2.24. The van der Waals surface area contributed by atoms with Crippen molar-refractivity contribution in [3.63, 3.8) is 0 Å². The summed E-state index contributed by atoms with van der Waals surface area (Å²) < 4.78 is 5.03. The number of carbonyl (C=O) groups excluding carboxylic acids is 3. The summed E-state index contributed by atoms with van der Waals surface area (Å²) in [7, 11) is 0. The van der Waals surface area contributed by atoms with Gasteiger partial charge in [0, 0.05) is 5.75 Å². The van der Waals surface area contributed by atoms with E-state index in [1.165, 1.54) is 19.4 Å². The van der Waals surface area contributed by atoms with Gasteiger partial charge in [0.25, 0.3) is 0 Å². The topological polar surface area (TPSA) is 122 Å². The first-order chi connectivity index (χ1) is 15.4. The highest BCUT2D eigenvalue weighted by atomic mass is 32.2. The SMILES string of the molecule is CCOC(=O)[C@H](CSC(=O)C(C)c1ccc(CC(C)C)cc1)NC(=O)C(C)(C)CO[N+](=O)O. The second-order valence-corrected chi connectivity index (χ2v) is 9.89. The number of thioether (sulfide) groups is 1. The summed E-state index contributed by atoms with van der Waals surface area (Å²) in [5.41, 5.74) is 0.857. The Labute approximate surface area is 199 Å². The van der Waals surface area contributed by atoms with Crippen LogP contribution >= 0.6 is 11.8 Å². The summed E-state index contributed by atoms with van der Waals surface area (Å²) in [6, 6.07) is 6.85. The van der Waals surface area contributed by atoms with Gasteiger partial charge in [-0.15, -0.1) is 0 Å². The minimum absolute atomic E-state index is 0.0101. The molecular weight excluding hydrogens is 448 g/mol. The summed E-state index contributed by atoms with van der Waals surface area (Å²) in [6.07, 6.45) is 0.963. The first-order valence-electron chi connectivity index (χ1n) is 10.9. The van der Waals surface area contributed by atoms with Crippen LogP contribution in [0.4, 0.5) is 0 Å². The number of rotatable bonds is 13. The van der Waals surface area contributed by atoms with E-state index in [1.807, 2.05) is 24.3 Å². The van der Waals surface area contributed by atoms with Crippen molar-refractivity contribution >= 4 is 28.8 Å². The number of hydrogen-bond acceptors (Lipinski definition) is 7. The first-order valence-corrected chi connectivity index (χ1v) is 11.9. The Morgan fingerprint density at radius 1 is 1.15 bits per heavy atom. The lowest BCUT2D eigenvalue weighted by atomic mass is 9.93. The van der Waals surface area contributed by atoms with Gasteiger partial charge in [-0.25, -0.2) is 10.0 Å². The van der Waals surface area contributed by atoms with Gasteiger partial charge in [-0.2, -0.15) is 4.84 Å². The van der Waals surface area contributed by atoms with E-state index in [0.717, 1.165) is 23.7 Å². The molecule has 0 heterocycles. The Balaban J connectivity index is 2.80. The smallest absolute Gasteiger partial charge is 0.464 e. The number of hydrogen-bond donors (Lipinski definition) is 2. The number of ether oxygens (including phenoxy) is 1. The zero-order valence-electron chi connectivity index (χ0n) is 20.1. The van der Waals surface area contributed by atoms with Crippen LogP contribution < -0.4 is 5.32 Å². The van der Waals surface area contributed by atoms with Crippen LogP contribution in [0.5, 0.6) is 0 Å². The van der Waals surface area contributed by atoms with Crippen molar-refractivity contribution in [1.29, 1.82) is 0 Å². The van der Waals surface area contributed by atoms with Crippen molar-refractivity contribution in [1.82, 2.24) is 5.32 Å². The molecule has 0 spiro atoms. The second kappa shape index (κ2) is 13.2. The molecule has 1 aromatic rings. The average molecular weight is 484 g/mol. The largest absolute Gasteiger partial charge is 0.475 e. The van der Waals surface area contributed by atoms with Crippen LogP contribution in [0.15, 0.2) is 24.3 Å². The number of carbonyl (C=O) groups is 3. The lowest BCUT2D eigenvalue weighted by Gasteiger charge is -2.24. The molecular formula is C23H35N2O7S+. The Kier molecular flexibility index (Phi) is 11.3. The lowest BCUT2D eigenvalue weighted by Crippen LogP contribution is -2.50. The van der Waals surface area contributed by atoms with Crippen LogP contribution in [0.25, 0.3) is 0 Å². The summed E-state index contributed by atoms with van der Waals surface area (Å²) >= 11 is 0.943. The molecule has 1 amide bonds. The van der Waals surface area contributed by atoms with Crippen molar-refractivity contribution in [2.75, 3.05) is 19.0 Å². The summed E-state index contributed by atoms with van der Waals surface area (Å²) in [5.74, 6) is -1.12. The predicted octanol–water partition coefficient (Wildman–Crippen LogP) is 3.42.